The molecule has 1 aromatic carbocycles. The summed E-state index contributed by atoms with van der Waals surface area (Å²) in [6, 6.07) is 4.09. The number of piperidine rings is 1. The summed E-state index contributed by atoms with van der Waals surface area (Å²) in [5, 5.41) is 2.28. The average Bonchev–Trinajstić information content (AvgIpc) is 2.67. The Balaban J connectivity index is 2.22. The molecular formula is C14H17BrFN3S. The molecule has 1 fully saturated rings. The predicted octanol–water partition coefficient (Wildman–Crippen LogP) is 4.50. The van der Waals surface area contributed by atoms with Crippen molar-refractivity contribution in [3.05, 3.63) is 27.2 Å². The van der Waals surface area contributed by atoms with Crippen molar-refractivity contribution < 1.29 is 4.39 Å². The van der Waals surface area contributed by atoms with Crippen molar-refractivity contribution in [3.63, 3.8) is 0 Å². The lowest BCUT2D eigenvalue weighted by Gasteiger charge is -2.41. The first-order valence-electron chi connectivity index (χ1n) is 6.87. The molecule has 1 aliphatic heterocycles. The molecule has 0 bridgehead atoms. The monoisotopic (exact) mass is 357 g/mol. The van der Waals surface area contributed by atoms with Crippen LogP contribution in [-0.4, -0.2) is 21.7 Å². The molecule has 3 rings (SSSR count). The second-order valence-electron chi connectivity index (χ2n) is 5.53. The van der Waals surface area contributed by atoms with E-state index in [0.717, 1.165) is 23.9 Å². The van der Waals surface area contributed by atoms with Crippen LogP contribution in [0.4, 0.5) is 4.39 Å². The van der Waals surface area contributed by atoms with Crippen molar-refractivity contribution in [2.24, 2.45) is 0 Å². The molecule has 2 atom stereocenters. The van der Waals surface area contributed by atoms with E-state index in [9.17, 15) is 4.39 Å². The minimum Gasteiger partial charge on any atom is -0.329 e. The first-order chi connectivity index (χ1) is 9.49. The maximum Gasteiger partial charge on any atom is 0.197 e. The highest BCUT2D eigenvalue weighted by molar-refractivity contribution is 9.10. The fourth-order valence-corrected chi connectivity index (χ4v) is 3.77. The summed E-state index contributed by atoms with van der Waals surface area (Å²) in [5.41, 5.74) is 1.66. The summed E-state index contributed by atoms with van der Waals surface area (Å²) in [5.74, 6) is -0.266. The molecule has 1 saturated heterocycles. The van der Waals surface area contributed by atoms with E-state index in [-0.39, 0.29) is 5.82 Å². The zero-order valence-electron chi connectivity index (χ0n) is 11.5. The predicted molar refractivity (Wildman–Crippen MR) is 85.8 cm³/mol. The third-order valence-corrected chi connectivity index (χ3v) is 4.96. The molecule has 2 aromatic rings. The molecule has 0 radical (unpaired) electrons. The Bertz CT molecular complexity index is 698. The van der Waals surface area contributed by atoms with Gasteiger partial charge in [0.15, 0.2) is 4.77 Å². The number of aromatic amines is 1. The van der Waals surface area contributed by atoms with E-state index in [0.29, 0.717) is 21.3 Å². The SMILES string of the molecule is CC1CCCC(C)N1n1c(=S)[nH]c2cc(Br)c(F)cc21. The van der Waals surface area contributed by atoms with Crippen LogP contribution in [0.2, 0.25) is 0 Å². The van der Waals surface area contributed by atoms with E-state index in [1.807, 2.05) is 4.68 Å². The number of fused-ring (bicyclic) bond motifs is 1. The number of aromatic nitrogens is 2. The largest absolute Gasteiger partial charge is 0.329 e. The Morgan fingerprint density at radius 1 is 1.30 bits per heavy atom. The first-order valence-corrected chi connectivity index (χ1v) is 8.07. The van der Waals surface area contributed by atoms with Crippen LogP contribution in [-0.2, 0) is 0 Å². The standard InChI is InChI=1S/C14H17BrFN3S/c1-8-4-3-5-9(2)18(8)19-13-7-11(16)10(15)6-12(13)17-14(19)20/h6-9H,3-5H2,1-2H3,(H,17,20). The number of H-pyrrole nitrogens is 1. The van der Waals surface area contributed by atoms with Crippen molar-refractivity contribution >= 4 is 39.2 Å². The van der Waals surface area contributed by atoms with Gasteiger partial charge >= 0.3 is 0 Å². The van der Waals surface area contributed by atoms with Gasteiger partial charge in [0.05, 0.1) is 15.5 Å². The van der Waals surface area contributed by atoms with Crippen LogP contribution in [0.1, 0.15) is 33.1 Å². The normalized spacial score (nSPS) is 23.5. The Hall–Kier alpha value is -0.880. The molecule has 108 valence electrons. The second kappa shape index (κ2) is 5.15. The maximum atomic E-state index is 13.9. The zero-order chi connectivity index (χ0) is 14.4. The lowest BCUT2D eigenvalue weighted by atomic mass is 10.00. The van der Waals surface area contributed by atoms with Crippen LogP contribution in [0.5, 0.6) is 0 Å². The highest BCUT2D eigenvalue weighted by Crippen LogP contribution is 2.27. The number of benzene rings is 1. The molecule has 0 saturated carbocycles. The third-order valence-electron chi connectivity index (χ3n) is 4.08. The van der Waals surface area contributed by atoms with Crippen LogP contribution in [0.25, 0.3) is 11.0 Å². The van der Waals surface area contributed by atoms with Gasteiger partial charge in [-0.15, -0.1) is 0 Å². The lowest BCUT2D eigenvalue weighted by Crippen LogP contribution is -2.51. The molecule has 20 heavy (non-hydrogen) atoms. The van der Waals surface area contributed by atoms with Crippen LogP contribution in [0, 0.1) is 10.6 Å². The molecule has 0 aliphatic carbocycles. The third kappa shape index (κ3) is 2.19. The van der Waals surface area contributed by atoms with Gasteiger partial charge in [-0.1, -0.05) is 0 Å². The van der Waals surface area contributed by atoms with Crippen LogP contribution >= 0.6 is 28.1 Å². The molecule has 0 spiro atoms. The minimum atomic E-state index is -0.266. The molecular weight excluding hydrogens is 341 g/mol. The van der Waals surface area contributed by atoms with Gasteiger partial charge in [-0.05, 0) is 67.3 Å². The number of nitrogens with zero attached hydrogens (tertiary/aromatic N) is 2. The minimum absolute atomic E-state index is 0.266. The van der Waals surface area contributed by atoms with E-state index in [1.54, 1.807) is 12.1 Å². The number of hydrogen-bond donors (Lipinski definition) is 1. The van der Waals surface area contributed by atoms with Gasteiger partial charge in [-0.2, -0.15) is 0 Å². The van der Waals surface area contributed by atoms with Gasteiger partial charge < -0.3 is 9.99 Å². The van der Waals surface area contributed by atoms with E-state index < -0.39 is 0 Å². The summed E-state index contributed by atoms with van der Waals surface area (Å²) in [7, 11) is 0. The van der Waals surface area contributed by atoms with Gasteiger partial charge in [-0.25, -0.2) is 9.07 Å². The maximum absolute atomic E-state index is 13.9. The highest BCUT2D eigenvalue weighted by atomic mass is 79.9. The molecule has 3 nitrogen and oxygen atoms in total. The Morgan fingerprint density at radius 2 is 1.95 bits per heavy atom. The van der Waals surface area contributed by atoms with Crippen molar-refractivity contribution in [2.45, 2.75) is 45.2 Å². The fourth-order valence-electron chi connectivity index (χ4n) is 3.12. The summed E-state index contributed by atoms with van der Waals surface area (Å²) in [4.78, 5) is 3.17. The molecule has 2 heterocycles. The number of rotatable bonds is 1. The Kier molecular flexibility index (Phi) is 3.62. The smallest absolute Gasteiger partial charge is 0.197 e. The van der Waals surface area contributed by atoms with Crippen LogP contribution in [0.3, 0.4) is 0 Å². The fraction of sp³-hybridized carbons (Fsp3) is 0.500. The van der Waals surface area contributed by atoms with Gasteiger partial charge in [0.1, 0.15) is 5.82 Å². The quantitative estimate of drug-likeness (QED) is 0.759. The second-order valence-corrected chi connectivity index (χ2v) is 6.78. The number of imidazole rings is 1. The van der Waals surface area contributed by atoms with E-state index in [1.165, 1.54) is 6.42 Å². The molecule has 2 unspecified atom stereocenters. The van der Waals surface area contributed by atoms with Gasteiger partial charge in [0, 0.05) is 18.2 Å². The van der Waals surface area contributed by atoms with Crippen molar-refractivity contribution in [2.75, 3.05) is 5.01 Å². The first kappa shape index (κ1) is 14.1. The molecule has 1 aromatic heterocycles. The van der Waals surface area contributed by atoms with Crippen molar-refractivity contribution in [1.29, 1.82) is 0 Å². The molecule has 6 heteroatoms. The molecule has 0 amide bonds. The number of halogens is 2. The van der Waals surface area contributed by atoms with Gasteiger partial charge in [-0.3, -0.25) is 0 Å². The Labute approximate surface area is 130 Å². The van der Waals surface area contributed by atoms with Gasteiger partial charge in [0.25, 0.3) is 0 Å². The molecule has 1 aliphatic rings. The number of nitrogens with one attached hydrogen (secondary N) is 1. The van der Waals surface area contributed by atoms with Crippen molar-refractivity contribution in [3.8, 4) is 0 Å². The Morgan fingerprint density at radius 3 is 2.60 bits per heavy atom. The van der Waals surface area contributed by atoms with E-state index >= 15 is 0 Å². The van der Waals surface area contributed by atoms with Crippen LogP contribution in [0.15, 0.2) is 16.6 Å². The topological polar surface area (TPSA) is 24.0 Å². The van der Waals surface area contributed by atoms with E-state index in [2.05, 4.69) is 39.8 Å². The van der Waals surface area contributed by atoms with Crippen molar-refractivity contribution in [1.82, 2.24) is 9.66 Å². The van der Waals surface area contributed by atoms with E-state index in [4.69, 9.17) is 12.2 Å². The lowest BCUT2D eigenvalue weighted by molar-refractivity contribution is 0.339. The summed E-state index contributed by atoms with van der Waals surface area (Å²) < 4.78 is 16.9. The average molecular weight is 358 g/mol. The summed E-state index contributed by atoms with van der Waals surface area (Å²) >= 11 is 8.67. The number of hydrogen-bond acceptors (Lipinski definition) is 2. The van der Waals surface area contributed by atoms with Crippen LogP contribution < -0.4 is 5.01 Å². The summed E-state index contributed by atoms with van der Waals surface area (Å²) in [6.07, 6.45) is 3.50. The summed E-state index contributed by atoms with van der Waals surface area (Å²) in [6.45, 7) is 4.40. The molecule has 1 N–H and O–H groups in total. The highest BCUT2D eigenvalue weighted by Gasteiger charge is 2.27. The zero-order valence-corrected chi connectivity index (χ0v) is 13.9. The van der Waals surface area contributed by atoms with Gasteiger partial charge in [0.2, 0.25) is 0 Å².